The van der Waals surface area contributed by atoms with Gasteiger partial charge in [0.25, 0.3) is 0 Å². The second-order valence-electron chi connectivity index (χ2n) is 6.28. The van der Waals surface area contributed by atoms with Gasteiger partial charge in [-0.25, -0.2) is 19.7 Å². The second-order valence-corrected chi connectivity index (χ2v) is 6.28. The summed E-state index contributed by atoms with van der Waals surface area (Å²) < 4.78 is 37.8. The van der Waals surface area contributed by atoms with Crippen LogP contribution in [0.25, 0.3) is 22.3 Å². The maximum atomic E-state index is 12.6. The summed E-state index contributed by atoms with van der Waals surface area (Å²) in [5.74, 6) is 0.158. The largest absolute Gasteiger partial charge is 0.416 e. The van der Waals surface area contributed by atoms with E-state index in [-0.39, 0.29) is 11.6 Å². The van der Waals surface area contributed by atoms with Crippen LogP contribution in [0, 0.1) is 0 Å². The van der Waals surface area contributed by atoms with Crippen LogP contribution in [0.15, 0.2) is 55.0 Å². The van der Waals surface area contributed by atoms with Gasteiger partial charge >= 0.3 is 12.2 Å². The molecule has 3 heterocycles. The maximum Gasteiger partial charge on any atom is 0.416 e. The zero-order valence-corrected chi connectivity index (χ0v) is 15.2. The SMILES string of the molecule is Nc1ncc(-c2ccc3c(NC(=O)Nc4ccc(C(F)(F)F)cc4)c[nH]c3n2)cn1. The number of aromatic amines is 1. The molecule has 30 heavy (non-hydrogen) atoms. The number of nitrogens with zero attached hydrogens (tertiary/aromatic N) is 3. The van der Waals surface area contributed by atoms with Gasteiger partial charge in [0.05, 0.1) is 16.9 Å². The lowest BCUT2D eigenvalue weighted by molar-refractivity contribution is -0.137. The molecule has 5 N–H and O–H groups in total. The number of carbonyl (C=O) groups is 1. The Morgan fingerprint density at radius 3 is 2.37 bits per heavy atom. The van der Waals surface area contributed by atoms with E-state index in [9.17, 15) is 18.0 Å². The monoisotopic (exact) mass is 413 g/mol. The summed E-state index contributed by atoms with van der Waals surface area (Å²) in [6, 6.07) is 7.05. The summed E-state index contributed by atoms with van der Waals surface area (Å²) in [5.41, 5.74) is 7.19. The summed E-state index contributed by atoms with van der Waals surface area (Å²) in [6.07, 6.45) is 0.231. The number of nitrogens with one attached hydrogen (secondary N) is 3. The molecule has 152 valence electrons. The fourth-order valence-electron chi connectivity index (χ4n) is 2.77. The lowest BCUT2D eigenvalue weighted by atomic mass is 10.2. The zero-order chi connectivity index (χ0) is 21.3. The first-order chi connectivity index (χ1) is 14.3. The number of pyridine rings is 1. The lowest BCUT2D eigenvalue weighted by Crippen LogP contribution is -2.19. The molecular formula is C19H14F3N7O. The van der Waals surface area contributed by atoms with Crippen LogP contribution < -0.4 is 16.4 Å². The Bertz CT molecular complexity index is 1200. The van der Waals surface area contributed by atoms with Gasteiger partial charge in [-0.2, -0.15) is 13.2 Å². The molecule has 0 aliphatic carbocycles. The number of halogens is 3. The van der Waals surface area contributed by atoms with Gasteiger partial charge in [0, 0.05) is 35.2 Å². The Hall–Kier alpha value is -4.15. The number of anilines is 3. The van der Waals surface area contributed by atoms with Crippen molar-refractivity contribution in [3.63, 3.8) is 0 Å². The normalized spacial score (nSPS) is 11.4. The van der Waals surface area contributed by atoms with Crippen molar-refractivity contribution in [3.8, 4) is 11.3 Å². The Morgan fingerprint density at radius 2 is 1.70 bits per heavy atom. The summed E-state index contributed by atoms with van der Waals surface area (Å²) in [7, 11) is 0. The van der Waals surface area contributed by atoms with Crippen molar-refractivity contribution in [2.75, 3.05) is 16.4 Å². The molecule has 0 spiro atoms. The van der Waals surface area contributed by atoms with Gasteiger partial charge in [-0.15, -0.1) is 0 Å². The van der Waals surface area contributed by atoms with Crippen LogP contribution in [0.5, 0.6) is 0 Å². The van der Waals surface area contributed by atoms with Crippen molar-refractivity contribution in [2.45, 2.75) is 6.18 Å². The maximum absolute atomic E-state index is 12.6. The van der Waals surface area contributed by atoms with Crippen molar-refractivity contribution < 1.29 is 18.0 Å². The highest BCUT2D eigenvalue weighted by molar-refractivity contribution is 6.05. The molecule has 4 rings (SSSR count). The van der Waals surface area contributed by atoms with E-state index in [0.717, 1.165) is 12.1 Å². The number of carbonyl (C=O) groups excluding carboxylic acids is 1. The van der Waals surface area contributed by atoms with Gasteiger partial charge < -0.3 is 21.4 Å². The van der Waals surface area contributed by atoms with Gasteiger partial charge in [-0.3, -0.25) is 0 Å². The number of nitrogens with two attached hydrogens (primary N) is 1. The van der Waals surface area contributed by atoms with Crippen LogP contribution in [0.1, 0.15) is 5.56 Å². The van der Waals surface area contributed by atoms with E-state index in [0.29, 0.717) is 28.0 Å². The van der Waals surface area contributed by atoms with Crippen molar-refractivity contribution in [1.29, 1.82) is 0 Å². The molecule has 1 aromatic carbocycles. The highest BCUT2D eigenvalue weighted by Gasteiger charge is 2.30. The average molecular weight is 413 g/mol. The van der Waals surface area contributed by atoms with Crippen LogP contribution in [0.2, 0.25) is 0 Å². The molecule has 3 aromatic heterocycles. The van der Waals surface area contributed by atoms with E-state index in [4.69, 9.17) is 5.73 Å². The molecule has 4 aromatic rings. The van der Waals surface area contributed by atoms with Crippen molar-refractivity contribution in [3.05, 3.63) is 60.6 Å². The number of nitrogen functional groups attached to an aromatic ring is 1. The highest BCUT2D eigenvalue weighted by Crippen LogP contribution is 2.30. The minimum atomic E-state index is -4.44. The van der Waals surface area contributed by atoms with Crippen LogP contribution >= 0.6 is 0 Å². The van der Waals surface area contributed by atoms with Crippen LogP contribution in [0.3, 0.4) is 0 Å². The van der Waals surface area contributed by atoms with E-state index < -0.39 is 17.8 Å². The first kappa shape index (κ1) is 19.2. The number of hydrogen-bond acceptors (Lipinski definition) is 5. The second kappa shape index (κ2) is 7.35. The third-order valence-electron chi connectivity index (χ3n) is 4.22. The number of hydrogen-bond donors (Lipinski definition) is 4. The van der Waals surface area contributed by atoms with Crippen LogP contribution in [-0.4, -0.2) is 26.0 Å². The summed E-state index contributed by atoms with van der Waals surface area (Å²) in [5, 5.41) is 5.78. The van der Waals surface area contributed by atoms with Crippen molar-refractivity contribution in [2.24, 2.45) is 0 Å². The number of urea groups is 1. The standard InChI is InChI=1S/C19H14F3N7O/c20-19(21,22)11-1-3-12(4-2-11)27-18(30)29-15-9-24-16-13(15)5-6-14(28-16)10-7-25-17(23)26-8-10/h1-9H,(H,24,28)(H2,23,25,26)(H2,27,29,30). The topological polar surface area (TPSA) is 122 Å². The fourth-order valence-corrected chi connectivity index (χ4v) is 2.77. The minimum Gasteiger partial charge on any atom is -0.368 e. The number of benzene rings is 1. The average Bonchev–Trinajstić information content (AvgIpc) is 3.10. The van der Waals surface area contributed by atoms with E-state index >= 15 is 0 Å². The van der Waals surface area contributed by atoms with Crippen LogP contribution in [0.4, 0.5) is 35.3 Å². The lowest BCUT2D eigenvalue weighted by Gasteiger charge is -2.09. The van der Waals surface area contributed by atoms with Gasteiger partial charge in [-0.05, 0) is 36.4 Å². The van der Waals surface area contributed by atoms with E-state index in [1.54, 1.807) is 30.7 Å². The molecule has 8 nitrogen and oxygen atoms in total. The molecule has 0 aliphatic heterocycles. The van der Waals surface area contributed by atoms with Crippen LogP contribution in [-0.2, 0) is 6.18 Å². The Labute approximate surface area is 167 Å². The van der Waals surface area contributed by atoms with Crippen molar-refractivity contribution in [1.82, 2.24) is 19.9 Å². The predicted molar refractivity (Wildman–Crippen MR) is 106 cm³/mol. The number of rotatable bonds is 3. The summed E-state index contributed by atoms with van der Waals surface area (Å²) in [6.45, 7) is 0. The quantitative estimate of drug-likeness (QED) is 0.400. The van der Waals surface area contributed by atoms with E-state index in [2.05, 4.69) is 30.6 Å². The summed E-state index contributed by atoms with van der Waals surface area (Å²) >= 11 is 0. The number of amides is 2. The molecule has 0 fully saturated rings. The first-order valence-electron chi connectivity index (χ1n) is 8.61. The highest BCUT2D eigenvalue weighted by atomic mass is 19.4. The predicted octanol–water partition coefficient (Wildman–Crippen LogP) is 4.26. The van der Waals surface area contributed by atoms with Gasteiger partial charge in [-0.1, -0.05) is 0 Å². The minimum absolute atomic E-state index is 0.158. The smallest absolute Gasteiger partial charge is 0.368 e. The van der Waals surface area contributed by atoms with Gasteiger partial charge in [0.15, 0.2) is 0 Å². The molecule has 11 heteroatoms. The molecule has 0 unspecified atom stereocenters. The molecule has 2 amide bonds. The molecule has 0 aliphatic rings. The molecule has 0 bridgehead atoms. The van der Waals surface area contributed by atoms with Gasteiger partial charge in [0.1, 0.15) is 5.65 Å². The number of aromatic nitrogens is 4. The number of H-pyrrole nitrogens is 1. The number of alkyl halides is 3. The Balaban J connectivity index is 1.48. The van der Waals surface area contributed by atoms with E-state index in [1.807, 2.05) is 0 Å². The Kier molecular flexibility index (Phi) is 4.70. The Morgan fingerprint density at radius 1 is 1.00 bits per heavy atom. The zero-order valence-electron chi connectivity index (χ0n) is 15.2. The third kappa shape index (κ3) is 3.99. The third-order valence-corrected chi connectivity index (χ3v) is 4.22. The molecule has 0 saturated carbocycles. The molecule has 0 atom stereocenters. The molecular weight excluding hydrogens is 399 g/mol. The molecule has 0 radical (unpaired) electrons. The first-order valence-corrected chi connectivity index (χ1v) is 8.61. The summed E-state index contributed by atoms with van der Waals surface area (Å²) in [4.78, 5) is 27.5. The fraction of sp³-hybridized carbons (Fsp3) is 0.0526. The van der Waals surface area contributed by atoms with Gasteiger partial charge in [0.2, 0.25) is 5.95 Å². The number of fused-ring (bicyclic) bond motifs is 1. The van der Waals surface area contributed by atoms with E-state index in [1.165, 1.54) is 12.1 Å². The van der Waals surface area contributed by atoms with Crippen molar-refractivity contribution >= 4 is 34.4 Å². The molecule has 0 saturated heterocycles.